The summed E-state index contributed by atoms with van der Waals surface area (Å²) >= 11 is 0. The van der Waals surface area contributed by atoms with Crippen LogP contribution >= 0.6 is 0 Å². The first kappa shape index (κ1) is 17.6. The Balaban J connectivity index is 1.77. The summed E-state index contributed by atoms with van der Waals surface area (Å²) in [5.74, 6) is 0. The maximum Gasteiger partial charge on any atom is 0.0391 e. The van der Waals surface area contributed by atoms with Crippen molar-refractivity contribution >= 4 is 11.4 Å². The summed E-state index contributed by atoms with van der Waals surface area (Å²) in [7, 11) is 0. The zero-order chi connectivity index (χ0) is 16.6. The van der Waals surface area contributed by atoms with Gasteiger partial charge in [-0.1, -0.05) is 57.9 Å². The number of nitrogens with zero attached hydrogens (tertiary/aromatic N) is 1. The molecule has 1 aromatic carbocycles. The third kappa shape index (κ3) is 4.68. The third-order valence-electron chi connectivity index (χ3n) is 5.94. The van der Waals surface area contributed by atoms with Crippen LogP contribution in [0.15, 0.2) is 24.3 Å². The van der Waals surface area contributed by atoms with Gasteiger partial charge in [0, 0.05) is 30.0 Å². The van der Waals surface area contributed by atoms with Crippen molar-refractivity contribution < 1.29 is 0 Å². The first-order valence-electron chi connectivity index (χ1n) is 10.5. The van der Waals surface area contributed by atoms with E-state index in [2.05, 4.69) is 41.4 Å². The van der Waals surface area contributed by atoms with E-state index < -0.39 is 0 Å². The Morgan fingerprint density at radius 2 is 1.54 bits per heavy atom. The van der Waals surface area contributed by atoms with E-state index in [9.17, 15) is 0 Å². The number of rotatable bonds is 7. The van der Waals surface area contributed by atoms with Crippen LogP contribution in [-0.4, -0.2) is 18.6 Å². The van der Waals surface area contributed by atoms with Crippen LogP contribution in [0.4, 0.5) is 11.4 Å². The highest BCUT2D eigenvalue weighted by Gasteiger charge is 2.29. The summed E-state index contributed by atoms with van der Waals surface area (Å²) in [5, 5.41) is 3.62. The summed E-state index contributed by atoms with van der Waals surface area (Å²) in [6.45, 7) is 3.35. The van der Waals surface area contributed by atoms with E-state index in [0.29, 0.717) is 0 Å². The van der Waals surface area contributed by atoms with Crippen LogP contribution in [0.5, 0.6) is 0 Å². The minimum Gasteiger partial charge on any atom is -0.385 e. The molecule has 2 fully saturated rings. The minimum absolute atomic E-state index is 0.771. The molecule has 0 heterocycles. The highest BCUT2D eigenvalue weighted by Crippen LogP contribution is 2.35. The van der Waals surface area contributed by atoms with Gasteiger partial charge in [0.25, 0.3) is 0 Å². The van der Waals surface area contributed by atoms with E-state index >= 15 is 0 Å². The van der Waals surface area contributed by atoms with Gasteiger partial charge in [-0.2, -0.15) is 0 Å². The van der Waals surface area contributed by atoms with Crippen LogP contribution in [0.2, 0.25) is 0 Å². The molecular formula is C22H36N2. The van der Waals surface area contributed by atoms with Crippen LogP contribution in [0.1, 0.15) is 84.0 Å². The van der Waals surface area contributed by atoms with E-state index in [1.54, 1.807) is 0 Å². The summed E-state index contributed by atoms with van der Waals surface area (Å²) in [6.07, 6.45) is 16.6. The number of nitrogens with one attached hydrogen (secondary N) is 1. The molecule has 2 nitrogen and oxygen atoms in total. The Morgan fingerprint density at radius 1 is 0.917 bits per heavy atom. The quantitative estimate of drug-likeness (QED) is 0.585. The molecule has 1 aromatic rings. The Hall–Kier alpha value is -1.18. The maximum absolute atomic E-state index is 3.62. The van der Waals surface area contributed by atoms with E-state index in [4.69, 9.17) is 0 Å². The molecule has 3 rings (SSSR count). The first-order valence-corrected chi connectivity index (χ1v) is 10.5. The highest BCUT2D eigenvalue weighted by atomic mass is 15.2. The predicted molar refractivity (Wildman–Crippen MR) is 106 cm³/mol. The Labute approximate surface area is 149 Å². The molecule has 0 aliphatic heterocycles. The fraction of sp³-hybridized carbons (Fsp3) is 0.727. The van der Waals surface area contributed by atoms with Gasteiger partial charge in [-0.15, -0.1) is 0 Å². The molecule has 2 aliphatic carbocycles. The molecule has 0 radical (unpaired) electrons. The van der Waals surface area contributed by atoms with Gasteiger partial charge in [0.15, 0.2) is 0 Å². The molecule has 0 saturated heterocycles. The Kier molecular flexibility index (Phi) is 6.86. The minimum atomic E-state index is 0.771. The van der Waals surface area contributed by atoms with Crippen molar-refractivity contribution in [1.82, 2.24) is 0 Å². The molecule has 0 bridgehead atoms. The smallest absolute Gasteiger partial charge is 0.0391 e. The standard InChI is InChI=1S/C22H36N2/c1-2-3-17-23-19-11-10-16-22(18-19)24(20-12-6-4-7-13-20)21-14-8-5-9-15-21/h10-11,16,18,20-21,23H,2-9,12-15,17H2,1H3. The molecule has 0 spiro atoms. The SMILES string of the molecule is CCCCNc1cccc(N(C2CCCCC2)C2CCCCC2)c1. The molecule has 0 unspecified atom stereocenters. The lowest BCUT2D eigenvalue weighted by Crippen LogP contribution is -2.45. The molecule has 2 saturated carbocycles. The second kappa shape index (κ2) is 9.34. The predicted octanol–water partition coefficient (Wildman–Crippen LogP) is 6.37. The average molecular weight is 329 g/mol. The Morgan fingerprint density at radius 3 is 2.12 bits per heavy atom. The van der Waals surface area contributed by atoms with Crippen LogP contribution in [-0.2, 0) is 0 Å². The van der Waals surface area contributed by atoms with Crippen LogP contribution < -0.4 is 10.2 Å². The summed E-state index contributed by atoms with van der Waals surface area (Å²) < 4.78 is 0. The second-order valence-electron chi connectivity index (χ2n) is 7.82. The first-order chi connectivity index (χ1) is 11.9. The molecule has 0 amide bonds. The lowest BCUT2D eigenvalue weighted by molar-refractivity contribution is 0.340. The number of hydrogen-bond donors (Lipinski definition) is 1. The van der Waals surface area contributed by atoms with Gasteiger partial charge in [0.05, 0.1) is 0 Å². The molecule has 0 aromatic heterocycles. The lowest BCUT2D eigenvalue weighted by atomic mass is 9.88. The number of hydrogen-bond acceptors (Lipinski definition) is 2. The number of benzene rings is 1. The van der Waals surface area contributed by atoms with Gasteiger partial charge in [-0.3, -0.25) is 0 Å². The monoisotopic (exact) mass is 328 g/mol. The van der Waals surface area contributed by atoms with Crippen molar-refractivity contribution in [3.8, 4) is 0 Å². The van der Waals surface area contributed by atoms with Gasteiger partial charge >= 0.3 is 0 Å². The van der Waals surface area contributed by atoms with Crippen LogP contribution in [0.25, 0.3) is 0 Å². The molecule has 2 heteroatoms. The number of anilines is 2. The van der Waals surface area contributed by atoms with Gasteiger partial charge < -0.3 is 10.2 Å². The molecule has 2 aliphatic rings. The van der Waals surface area contributed by atoms with E-state index in [0.717, 1.165) is 18.6 Å². The van der Waals surface area contributed by atoms with Crippen LogP contribution in [0.3, 0.4) is 0 Å². The van der Waals surface area contributed by atoms with E-state index in [1.807, 2.05) is 0 Å². The topological polar surface area (TPSA) is 15.3 Å². The lowest BCUT2D eigenvalue weighted by Gasteiger charge is -2.43. The zero-order valence-corrected chi connectivity index (χ0v) is 15.6. The third-order valence-corrected chi connectivity index (χ3v) is 5.94. The molecule has 0 atom stereocenters. The fourth-order valence-corrected chi connectivity index (χ4v) is 4.62. The van der Waals surface area contributed by atoms with Crippen molar-refractivity contribution in [3.05, 3.63) is 24.3 Å². The summed E-state index contributed by atoms with van der Waals surface area (Å²) in [6, 6.07) is 10.8. The van der Waals surface area contributed by atoms with E-state index in [1.165, 1.54) is 88.4 Å². The molecule has 134 valence electrons. The van der Waals surface area contributed by atoms with Crippen molar-refractivity contribution in [2.24, 2.45) is 0 Å². The van der Waals surface area contributed by atoms with Crippen molar-refractivity contribution in [2.75, 3.05) is 16.8 Å². The summed E-state index contributed by atoms with van der Waals surface area (Å²) in [5.41, 5.74) is 2.77. The molecular weight excluding hydrogens is 292 g/mol. The maximum atomic E-state index is 3.62. The average Bonchev–Trinajstić information content (AvgIpc) is 2.64. The van der Waals surface area contributed by atoms with Crippen molar-refractivity contribution in [1.29, 1.82) is 0 Å². The Bertz CT molecular complexity index is 455. The van der Waals surface area contributed by atoms with Gasteiger partial charge in [0.2, 0.25) is 0 Å². The summed E-state index contributed by atoms with van der Waals surface area (Å²) in [4.78, 5) is 2.84. The normalized spacial score (nSPS) is 20.0. The molecule has 24 heavy (non-hydrogen) atoms. The molecule has 1 N–H and O–H groups in total. The van der Waals surface area contributed by atoms with Crippen molar-refractivity contribution in [3.63, 3.8) is 0 Å². The highest BCUT2D eigenvalue weighted by molar-refractivity contribution is 5.59. The second-order valence-corrected chi connectivity index (χ2v) is 7.82. The number of unbranched alkanes of at least 4 members (excludes halogenated alkanes) is 1. The van der Waals surface area contributed by atoms with E-state index in [-0.39, 0.29) is 0 Å². The van der Waals surface area contributed by atoms with Gasteiger partial charge in [0.1, 0.15) is 0 Å². The van der Waals surface area contributed by atoms with Crippen molar-refractivity contribution in [2.45, 2.75) is 96.1 Å². The van der Waals surface area contributed by atoms with Gasteiger partial charge in [-0.25, -0.2) is 0 Å². The zero-order valence-electron chi connectivity index (χ0n) is 15.6. The largest absolute Gasteiger partial charge is 0.385 e. The van der Waals surface area contributed by atoms with Gasteiger partial charge in [-0.05, 0) is 50.3 Å². The van der Waals surface area contributed by atoms with Crippen LogP contribution in [0, 0.1) is 0 Å². The fourth-order valence-electron chi connectivity index (χ4n) is 4.62.